The monoisotopic (exact) mass is 315 g/mol. The second-order valence-electron chi connectivity index (χ2n) is 3.94. The third kappa shape index (κ3) is 3.24. The van der Waals surface area contributed by atoms with Crippen molar-refractivity contribution in [1.29, 1.82) is 0 Å². The molecule has 0 aliphatic heterocycles. The molecule has 0 atom stereocenters. The molecule has 5 nitrogen and oxygen atoms in total. The van der Waals surface area contributed by atoms with Gasteiger partial charge in [0.25, 0.3) is 10.0 Å². The zero-order valence-corrected chi connectivity index (χ0v) is 11.7. The first-order valence-electron chi connectivity index (χ1n) is 5.55. The predicted molar refractivity (Wildman–Crippen MR) is 74.3 cm³/mol. The lowest BCUT2D eigenvalue weighted by atomic mass is 10.3. The van der Waals surface area contributed by atoms with E-state index in [9.17, 15) is 12.8 Å². The Balaban J connectivity index is 2.27. The summed E-state index contributed by atoms with van der Waals surface area (Å²) in [5, 5.41) is -0.327. The lowest BCUT2D eigenvalue weighted by Gasteiger charge is -2.08. The first-order valence-corrected chi connectivity index (χ1v) is 7.41. The van der Waals surface area contributed by atoms with E-state index in [4.69, 9.17) is 17.3 Å². The molecule has 106 valence electrons. The highest BCUT2D eigenvalue weighted by atomic mass is 35.5. The number of nitrogens with zero attached hydrogens (tertiary/aromatic N) is 1. The van der Waals surface area contributed by atoms with Gasteiger partial charge in [-0.05, 0) is 29.8 Å². The summed E-state index contributed by atoms with van der Waals surface area (Å²) in [7, 11) is -3.85. The Kier molecular flexibility index (Phi) is 4.22. The van der Waals surface area contributed by atoms with Gasteiger partial charge in [-0.2, -0.15) is 8.42 Å². The molecule has 0 spiro atoms. The quantitative estimate of drug-likeness (QED) is 0.905. The zero-order valence-electron chi connectivity index (χ0n) is 10.2. The van der Waals surface area contributed by atoms with Gasteiger partial charge in [-0.1, -0.05) is 17.7 Å². The van der Waals surface area contributed by atoms with Crippen molar-refractivity contribution in [2.24, 2.45) is 5.73 Å². The van der Waals surface area contributed by atoms with Crippen LogP contribution in [-0.4, -0.2) is 13.4 Å². The molecule has 1 aromatic heterocycles. The van der Waals surface area contributed by atoms with Crippen molar-refractivity contribution in [3.05, 3.63) is 52.9 Å². The van der Waals surface area contributed by atoms with E-state index in [1.807, 2.05) is 0 Å². The minimum atomic E-state index is -3.85. The highest BCUT2D eigenvalue weighted by Gasteiger charge is 2.16. The number of nitrogens with one attached hydrogen (secondary N) is 1. The molecular formula is C12H11ClFN3O2S. The van der Waals surface area contributed by atoms with Crippen LogP contribution in [0.25, 0.3) is 0 Å². The van der Waals surface area contributed by atoms with E-state index in [1.54, 1.807) is 6.07 Å². The fraction of sp³-hybridized carbons (Fsp3) is 0.0833. The highest BCUT2D eigenvalue weighted by molar-refractivity contribution is 7.92. The molecule has 0 saturated heterocycles. The van der Waals surface area contributed by atoms with Crippen molar-refractivity contribution < 1.29 is 12.8 Å². The highest BCUT2D eigenvalue weighted by Crippen LogP contribution is 2.21. The van der Waals surface area contributed by atoms with Crippen molar-refractivity contribution in [1.82, 2.24) is 4.98 Å². The summed E-state index contributed by atoms with van der Waals surface area (Å²) < 4.78 is 39.4. The number of halogens is 2. The Morgan fingerprint density at radius 3 is 2.60 bits per heavy atom. The molecule has 0 aliphatic rings. The molecule has 20 heavy (non-hydrogen) atoms. The van der Waals surface area contributed by atoms with Gasteiger partial charge in [0, 0.05) is 12.7 Å². The second-order valence-corrected chi connectivity index (χ2v) is 5.98. The molecule has 0 fully saturated rings. The van der Waals surface area contributed by atoms with E-state index in [1.165, 1.54) is 24.4 Å². The summed E-state index contributed by atoms with van der Waals surface area (Å²) >= 11 is 5.59. The van der Waals surface area contributed by atoms with Crippen molar-refractivity contribution in [3.8, 4) is 0 Å². The molecule has 0 radical (unpaired) electrons. The topological polar surface area (TPSA) is 85.1 Å². The maximum Gasteiger partial charge on any atom is 0.279 e. The number of sulfonamides is 1. The van der Waals surface area contributed by atoms with Crippen LogP contribution in [0.2, 0.25) is 5.02 Å². The normalized spacial score (nSPS) is 11.3. The van der Waals surface area contributed by atoms with Gasteiger partial charge in [-0.25, -0.2) is 9.37 Å². The Morgan fingerprint density at radius 1 is 1.30 bits per heavy atom. The molecular weight excluding hydrogens is 305 g/mol. The van der Waals surface area contributed by atoms with Crippen LogP contribution in [0.4, 0.5) is 10.1 Å². The molecule has 3 N–H and O–H groups in total. The van der Waals surface area contributed by atoms with E-state index < -0.39 is 15.8 Å². The van der Waals surface area contributed by atoms with Crippen LogP contribution in [0.1, 0.15) is 5.56 Å². The lowest BCUT2D eigenvalue weighted by molar-refractivity contribution is 0.597. The predicted octanol–water partition coefficient (Wildman–Crippen LogP) is 2.13. The molecule has 0 amide bonds. The molecule has 2 rings (SSSR count). The number of anilines is 1. The number of hydrogen-bond acceptors (Lipinski definition) is 4. The molecule has 8 heteroatoms. The Labute approximate surface area is 120 Å². The number of nitrogens with two attached hydrogens (primary N) is 1. The second kappa shape index (κ2) is 5.74. The fourth-order valence-corrected chi connectivity index (χ4v) is 2.62. The van der Waals surface area contributed by atoms with Gasteiger partial charge in [0.05, 0.1) is 10.7 Å². The maximum absolute atomic E-state index is 13.0. The number of rotatable bonds is 4. The molecule has 2 aromatic rings. The van der Waals surface area contributed by atoms with Crippen LogP contribution in [0.3, 0.4) is 0 Å². The molecule has 0 saturated carbocycles. The van der Waals surface area contributed by atoms with Crippen molar-refractivity contribution >= 4 is 27.3 Å². The maximum atomic E-state index is 13.0. The summed E-state index contributed by atoms with van der Waals surface area (Å²) in [6.45, 7) is 0.272. The Hall–Kier alpha value is -1.70. The van der Waals surface area contributed by atoms with Crippen LogP contribution in [0.5, 0.6) is 0 Å². The Morgan fingerprint density at radius 2 is 2.05 bits per heavy atom. The molecule has 0 bridgehead atoms. The Bertz CT molecular complexity index is 720. The molecule has 1 aromatic carbocycles. The first-order chi connectivity index (χ1) is 9.42. The molecule has 0 unspecified atom stereocenters. The summed E-state index contributed by atoms with van der Waals surface area (Å²) in [6.07, 6.45) is 1.38. The van der Waals surface area contributed by atoms with Crippen molar-refractivity contribution in [3.63, 3.8) is 0 Å². The van der Waals surface area contributed by atoms with Gasteiger partial charge in [0.2, 0.25) is 0 Å². The average Bonchev–Trinajstić information content (AvgIpc) is 2.43. The van der Waals surface area contributed by atoms with E-state index in [0.717, 1.165) is 6.07 Å². The number of benzene rings is 1. The standard InChI is InChI=1S/C12H11ClFN3O2S/c13-10-5-9(2-3-11(10)14)17-20(18,19)12-4-1-8(6-15)7-16-12/h1-5,7,17H,6,15H2. The first kappa shape index (κ1) is 14.7. The summed E-state index contributed by atoms with van der Waals surface area (Å²) in [6, 6.07) is 6.44. The fourth-order valence-electron chi connectivity index (χ4n) is 1.46. The third-order valence-electron chi connectivity index (χ3n) is 2.48. The van der Waals surface area contributed by atoms with Crippen molar-refractivity contribution in [2.45, 2.75) is 11.6 Å². The summed E-state index contributed by atoms with van der Waals surface area (Å²) in [4.78, 5) is 3.82. The van der Waals surface area contributed by atoms with Gasteiger partial charge >= 0.3 is 0 Å². The van der Waals surface area contributed by atoms with Gasteiger partial charge in [0.15, 0.2) is 5.03 Å². The number of pyridine rings is 1. The van der Waals surface area contributed by atoms with Crippen LogP contribution >= 0.6 is 11.6 Å². The van der Waals surface area contributed by atoms with E-state index in [2.05, 4.69) is 9.71 Å². The van der Waals surface area contributed by atoms with Gasteiger partial charge in [0.1, 0.15) is 5.82 Å². The largest absolute Gasteiger partial charge is 0.326 e. The zero-order chi connectivity index (χ0) is 14.8. The van der Waals surface area contributed by atoms with Crippen LogP contribution < -0.4 is 10.5 Å². The molecule has 1 heterocycles. The van der Waals surface area contributed by atoms with Crippen LogP contribution in [-0.2, 0) is 16.6 Å². The van der Waals surface area contributed by atoms with E-state index in [0.29, 0.717) is 5.56 Å². The molecule has 0 aliphatic carbocycles. The summed E-state index contributed by atoms with van der Waals surface area (Å²) in [5.74, 6) is -0.625. The SMILES string of the molecule is NCc1ccc(S(=O)(=O)Nc2ccc(F)c(Cl)c2)nc1. The lowest BCUT2D eigenvalue weighted by Crippen LogP contribution is -2.14. The summed E-state index contributed by atoms with van der Waals surface area (Å²) in [5.41, 5.74) is 6.28. The van der Waals surface area contributed by atoms with Gasteiger partial charge in [-0.3, -0.25) is 4.72 Å². The smallest absolute Gasteiger partial charge is 0.279 e. The van der Waals surface area contributed by atoms with E-state index >= 15 is 0 Å². The van der Waals surface area contributed by atoms with Gasteiger partial charge < -0.3 is 5.73 Å². The average molecular weight is 316 g/mol. The minimum absolute atomic E-state index is 0.154. The number of hydrogen-bond donors (Lipinski definition) is 2. The van der Waals surface area contributed by atoms with Gasteiger partial charge in [-0.15, -0.1) is 0 Å². The third-order valence-corrected chi connectivity index (χ3v) is 4.07. The van der Waals surface area contributed by atoms with E-state index in [-0.39, 0.29) is 22.3 Å². The van der Waals surface area contributed by atoms with Crippen LogP contribution in [0.15, 0.2) is 41.6 Å². The minimum Gasteiger partial charge on any atom is -0.326 e. The van der Waals surface area contributed by atoms with Crippen LogP contribution in [0, 0.1) is 5.82 Å². The van der Waals surface area contributed by atoms with Crippen molar-refractivity contribution in [2.75, 3.05) is 4.72 Å². The number of aromatic nitrogens is 1.